The predicted molar refractivity (Wildman–Crippen MR) is 263 cm³/mol. The van der Waals surface area contributed by atoms with Crippen molar-refractivity contribution in [2.45, 2.75) is 151 Å². The molecule has 6 rings (SSSR count). The van der Waals surface area contributed by atoms with Gasteiger partial charge in [-0.25, -0.2) is 9.78 Å². The maximum Gasteiger partial charge on any atom is 0.331 e. The average Bonchev–Trinajstić information content (AvgIpc) is 3.54. The van der Waals surface area contributed by atoms with Crippen molar-refractivity contribution >= 4 is 41.1 Å². The Labute approximate surface area is 372 Å². The van der Waals surface area contributed by atoms with Crippen LogP contribution in [0.25, 0.3) is 57.2 Å². The molecule has 1 aliphatic rings. The number of aliphatic carboxylic acids is 1. The molecule has 1 saturated carbocycles. The number of carbonyl (C=O) groups is 1. The van der Waals surface area contributed by atoms with Crippen LogP contribution in [0.2, 0.25) is 5.02 Å². The van der Waals surface area contributed by atoms with Crippen molar-refractivity contribution in [3.63, 3.8) is 0 Å². The molecule has 0 saturated heterocycles. The molecule has 0 bridgehead atoms. The number of hydrogen-bond acceptors (Lipinski definition) is 3. The topological polar surface area (TPSA) is 64.3 Å². The number of carboxylic acids is 1. The molecule has 1 aliphatic carbocycles. The molecule has 0 spiro atoms. The number of ether oxygens (including phenoxy) is 1. The van der Waals surface area contributed by atoms with Gasteiger partial charge in [0, 0.05) is 44.2 Å². The van der Waals surface area contributed by atoms with Gasteiger partial charge in [-0.15, -0.1) is 0 Å². The van der Waals surface area contributed by atoms with Crippen LogP contribution in [0, 0.1) is 12.8 Å². The molecule has 328 valence electrons. The highest BCUT2D eigenvalue weighted by Gasteiger charge is 2.26. The molecular weight excluding hydrogens is 772 g/mol. The summed E-state index contributed by atoms with van der Waals surface area (Å²) in [5.41, 5.74) is 10.1. The third-order valence-corrected chi connectivity index (χ3v) is 12.3. The Morgan fingerprint density at radius 1 is 0.902 bits per heavy atom. The quantitative estimate of drug-likeness (QED) is 0.107. The normalized spacial score (nSPS) is 13.9. The maximum atomic E-state index is 11.7. The summed E-state index contributed by atoms with van der Waals surface area (Å²) in [5, 5.41) is 13.4. The molecule has 3 aromatic carbocycles. The molecule has 2 heterocycles. The second-order valence-electron chi connectivity index (χ2n) is 16.8. The first-order chi connectivity index (χ1) is 29.5. The lowest BCUT2D eigenvalue weighted by Gasteiger charge is -2.24. The maximum absolute atomic E-state index is 11.7. The van der Waals surface area contributed by atoms with Crippen LogP contribution >= 0.6 is 11.6 Å². The highest BCUT2D eigenvalue weighted by molar-refractivity contribution is 6.30. The number of aryl methyl sites for hydroxylation is 1. The van der Waals surface area contributed by atoms with E-state index in [2.05, 4.69) is 89.9 Å². The molecule has 1 fully saturated rings. The van der Waals surface area contributed by atoms with E-state index in [1.807, 2.05) is 42.5 Å². The average molecular weight is 846 g/mol. The second-order valence-corrected chi connectivity index (χ2v) is 17.2. The number of allylic oxidation sites excluding steroid dienone is 1. The number of fused-ring (bicyclic) bond motifs is 1. The van der Waals surface area contributed by atoms with Gasteiger partial charge in [0.2, 0.25) is 0 Å². The van der Waals surface area contributed by atoms with Gasteiger partial charge in [-0.3, -0.25) is 0 Å². The van der Waals surface area contributed by atoms with E-state index >= 15 is 0 Å². The third-order valence-electron chi connectivity index (χ3n) is 12.0. The summed E-state index contributed by atoms with van der Waals surface area (Å²) in [6, 6.07) is 22.6. The lowest BCUT2D eigenvalue weighted by molar-refractivity contribution is -0.132. The minimum absolute atomic E-state index is 0.313. The first-order valence-corrected chi connectivity index (χ1v) is 23.5. The molecule has 1 atom stereocenters. The Morgan fingerprint density at radius 2 is 1.59 bits per heavy atom. The molecule has 0 amide bonds. The van der Waals surface area contributed by atoms with E-state index in [9.17, 15) is 9.90 Å². The van der Waals surface area contributed by atoms with Gasteiger partial charge >= 0.3 is 5.97 Å². The van der Waals surface area contributed by atoms with E-state index < -0.39 is 5.97 Å². The Balaban J connectivity index is 0.000000549. The second kappa shape index (κ2) is 24.7. The number of nitrogens with zero attached hydrogens (tertiary/aromatic N) is 2. The summed E-state index contributed by atoms with van der Waals surface area (Å²) in [5.74, 6) is 1.28. The lowest BCUT2D eigenvalue weighted by atomic mass is 9.81. The van der Waals surface area contributed by atoms with E-state index in [0.717, 1.165) is 81.3 Å². The predicted octanol–water partition coefficient (Wildman–Crippen LogP) is 15.1. The number of aromatic nitrogens is 2. The van der Waals surface area contributed by atoms with Crippen LogP contribution in [0.15, 0.2) is 78.4 Å². The van der Waals surface area contributed by atoms with E-state index in [1.165, 1.54) is 86.6 Å². The van der Waals surface area contributed by atoms with E-state index in [4.69, 9.17) is 21.3 Å². The zero-order valence-corrected chi connectivity index (χ0v) is 39.6. The fourth-order valence-electron chi connectivity index (χ4n) is 8.69. The number of carboxylic acid groups (broad SMARTS) is 1. The van der Waals surface area contributed by atoms with Gasteiger partial charge in [-0.2, -0.15) is 0 Å². The molecule has 2 aromatic heterocycles. The smallest absolute Gasteiger partial charge is 0.331 e. The molecule has 1 unspecified atom stereocenters. The number of benzene rings is 3. The van der Waals surface area contributed by atoms with E-state index in [-0.39, 0.29) is 0 Å². The number of hydrogen-bond donors (Lipinski definition) is 1. The minimum Gasteiger partial charge on any atom is -0.497 e. The molecule has 6 heteroatoms. The van der Waals surface area contributed by atoms with Crippen molar-refractivity contribution in [3.8, 4) is 39.4 Å². The fourth-order valence-corrected chi connectivity index (χ4v) is 8.82. The van der Waals surface area contributed by atoms with E-state index in [1.54, 1.807) is 20.1 Å². The van der Waals surface area contributed by atoms with Crippen LogP contribution in [-0.2, 0) is 11.3 Å². The van der Waals surface area contributed by atoms with Crippen LogP contribution in [0.3, 0.4) is 0 Å². The van der Waals surface area contributed by atoms with Gasteiger partial charge in [-0.1, -0.05) is 166 Å². The standard InChI is InChI=1S/C42H43ClN2O3.C10H22.C3H8/c1-6-24-45-28(4)35(18-12-26(2)42(46)47)40(30-10-8-7-9-11-30)41(45)34-21-23-38-33(27(34)3)20-22-39(44-38)37-25-32(48-5)17-19-36(37)29-13-15-31(43)16-14-29;1-4-7-9-10(6-3)8-5-2;1-3-2/h12-23,25,30H,4,6-11,24H2,1-3,5H3,(H,46,47);10H,4-9H2,1-3H3;3H2,1-2H3/b26-12+,35-18+;;. The summed E-state index contributed by atoms with van der Waals surface area (Å²) in [7, 11) is 1.68. The van der Waals surface area contributed by atoms with Crippen LogP contribution in [0.4, 0.5) is 0 Å². The van der Waals surface area contributed by atoms with Crippen LogP contribution in [0.1, 0.15) is 149 Å². The molecule has 1 N–H and O–H groups in total. The summed E-state index contributed by atoms with van der Waals surface area (Å²) in [6.07, 6.45) is 20.3. The fraction of sp³-hybridized carbons (Fsp3) is 0.455. The van der Waals surface area contributed by atoms with Gasteiger partial charge < -0.3 is 14.4 Å². The monoisotopic (exact) mass is 845 g/mol. The van der Waals surface area contributed by atoms with Crippen LogP contribution < -0.4 is 15.3 Å². The van der Waals surface area contributed by atoms with Crippen LogP contribution in [0.5, 0.6) is 5.75 Å². The zero-order valence-electron chi connectivity index (χ0n) is 38.8. The van der Waals surface area contributed by atoms with Crippen molar-refractivity contribution in [1.82, 2.24) is 9.55 Å². The van der Waals surface area contributed by atoms with Gasteiger partial charge in [0.05, 0.1) is 24.0 Å². The van der Waals surface area contributed by atoms with Crippen molar-refractivity contribution in [1.29, 1.82) is 0 Å². The Hall–Kier alpha value is -4.61. The van der Waals surface area contributed by atoms with Gasteiger partial charge in [-0.05, 0) is 104 Å². The van der Waals surface area contributed by atoms with Crippen molar-refractivity contribution < 1.29 is 14.6 Å². The lowest BCUT2D eigenvalue weighted by Crippen LogP contribution is -2.29. The zero-order chi connectivity index (χ0) is 44.5. The first kappa shape index (κ1) is 49.0. The largest absolute Gasteiger partial charge is 0.497 e. The summed E-state index contributed by atoms with van der Waals surface area (Å²) < 4.78 is 7.98. The molecular formula is C55H73ClN2O3. The summed E-state index contributed by atoms with van der Waals surface area (Å²) >= 11 is 6.21. The van der Waals surface area contributed by atoms with Gasteiger partial charge in [0.25, 0.3) is 0 Å². The number of methoxy groups -OCH3 is 1. The third kappa shape index (κ3) is 12.7. The summed E-state index contributed by atoms with van der Waals surface area (Å²) in [6.45, 7) is 22.6. The number of pyridine rings is 1. The van der Waals surface area contributed by atoms with Crippen LogP contribution in [-0.4, -0.2) is 27.7 Å². The molecule has 5 aromatic rings. The number of unbranched alkanes of at least 4 members (excludes halogenated alkanes) is 1. The molecule has 0 radical (unpaired) electrons. The molecule has 61 heavy (non-hydrogen) atoms. The van der Waals surface area contributed by atoms with E-state index in [0.29, 0.717) is 16.5 Å². The Morgan fingerprint density at radius 3 is 2.20 bits per heavy atom. The SMILES string of the molecule is C=c1/c(=C\C=C(/C)C(=O)O)c(C2CCCCC2)c(-c2ccc3nc(-c4cc(OC)ccc4-c4ccc(Cl)cc4)ccc3c2C)n1CCC.CCC.CCCCC(CC)CCC. The first-order valence-electron chi connectivity index (χ1n) is 23.2. The molecule has 5 nitrogen and oxygen atoms in total. The van der Waals surface area contributed by atoms with Crippen molar-refractivity contribution in [2.24, 2.45) is 5.92 Å². The van der Waals surface area contributed by atoms with Gasteiger partial charge in [0.15, 0.2) is 0 Å². The molecule has 0 aliphatic heterocycles. The Bertz CT molecular complexity index is 2310. The minimum atomic E-state index is -0.907. The number of rotatable bonds is 15. The number of halogens is 1. The van der Waals surface area contributed by atoms with Crippen molar-refractivity contribution in [2.75, 3.05) is 7.11 Å². The highest BCUT2D eigenvalue weighted by Crippen LogP contribution is 2.40. The summed E-state index contributed by atoms with van der Waals surface area (Å²) in [4.78, 5) is 16.9. The van der Waals surface area contributed by atoms with Crippen molar-refractivity contribution in [3.05, 3.63) is 105 Å². The van der Waals surface area contributed by atoms with Gasteiger partial charge in [0.1, 0.15) is 5.75 Å². The Kier molecular flexibility index (Phi) is 19.9. The highest BCUT2D eigenvalue weighted by atomic mass is 35.5.